The summed E-state index contributed by atoms with van der Waals surface area (Å²) >= 11 is 0. The van der Waals surface area contributed by atoms with Crippen molar-refractivity contribution >= 4 is 17.3 Å². The summed E-state index contributed by atoms with van der Waals surface area (Å²) in [5, 5.41) is 0. The maximum atomic E-state index is 12.2. The molecule has 0 aliphatic heterocycles. The molecule has 0 bridgehead atoms. The molecule has 4 nitrogen and oxygen atoms in total. The van der Waals surface area contributed by atoms with E-state index in [0.717, 1.165) is 18.2 Å². The summed E-state index contributed by atoms with van der Waals surface area (Å²) in [6.45, 7) is 3.27. The van der Waals surface area contributed by atoms with Gasteiger partial charge in [-0.25, -0.2) is 4.79 Å². The third-order valence-electron chi connectivity index (χ3n) is 3.96. The number of hydrogen-bond acceptors (Lipinski definition) is 4. The highest BCUT2D eigenvalue weighted by Crippen LogP contribution is 2.39. The van der Waals surface area contributed by atoms with Crippen LogP contribution in [0.3, 0.4) is 0 Å². The van der Waals surface area contributed by atoms with E-state index in [1.54, 1.807) is 6.07 Å². The van der Waals surface area contributed by atoms with Crippen LogP contribution in [0.25, 0.3) is 0 Å². The lowest BCUT2D eigenvalue weighted by atomic mass is 10.1. The first-order valence-electron chi connectivity index (χ1n) is 7.52. The van der Waals surface area contributed by atoms with Crippen molar-refractivity contribution < 1.29 is 9.53 Å². The average molecular weight is 274 g/mol. The Morgan fingerprint density at radius 3 is 2.70 bits per heavy atom. The molecule has 4 heteroatoms. The Labute approximate surface area is 119 Å². The molecule has 2 fully saturated rings. The van der Waals surface area contributed by atoms with Crippen molar-refractivity contribution in [2.75, 3.05) is 23.8 Å². The summed E-state index contributed by atoms with van der Waals surface area (Å²) < 4.78 is 5.17. The molecule has 1 aromatic rings. The highest BCUT2D eigenvalue weighted by molar-refractivity contribution is 5.97. The first-order valence-corrected chi connectivity index (χ1v) is 7.52. The Hall–Kier alpha value is -1.71. The highest BCUT2D eigenvalue weighted by Gasteiger charge is 2.35. The number of rotatable bonds is 6. The molecule has 2 aliphatic carbocycles. The smallest absolute Gasteiger partial charge is 0.340 e. The summed E-state index contributed by atoms with van der Waals surface area (Å²) in [6.07, 6.45) is 5.07. The number of carbonyl (C=O) groups is 1. The molecule has 108 valence electrons. The number of esters is 1. The molecule has 2 saturated carbocycles. The van der Waals surface area contributed by atoms with Crippen molar-refractivity contribution in [2.45, 2.75) is 38.6 Å². The lowest BCUT2D eigenvalue weighted by Crippen LogP contribution is -2.30. The van der Waals surface area contributed by atoms with Gasteiger partial charge in [-0.2, -0.15) is 0 Å². The second kappa shape index (κ2) is 5.35. The second-order valence-electron chi connectivity index (χ2n) is 5.82. The van der Waals surface area contributed by atoms with E-state index in [4.69, 9.17) is 10.5 Å². The van der Waals surface area contributed by atoms with Gasteiger partial charge in [0.05, 0.1) is 17.9 Å². The molecule has 0 unspecified atom stereocenters. The van der Waals surface area contributed by atoms with E-state index < -0.39 is 0 Å². The van der Waals surface area contributed by atoms with E-state index in [9.17, 15) is 4.79 Å². The van der Waals surface area contributed by atoms with Gasteiger partial charge in [-0.1, -0.05) is 0 Å². The number of ether oxygens (including phenoxy) is 1. The van der Waals surface area contributed by atoms with Crippen LogP contribution in [-0.4, -0.2) is 25.2 Å². The van der Waals surface area contributed by atoms with Gasteiger partial charge >= 0.3 is 5.97 Å². The summed E-state index contributed by atoms with van der Waals surface area (Å²) in [5.41, 5.74) is 8.05. The molecule has 2 N–H and O–H groups in total. The quantitative estimate of drug-likeness (QED) is 0.640. The Kier molecular flexibility index (Phi) is 3.55. The number of carbonyl (C=O) groups excluding carboxylic acids is 1. The van der Waals surface area contributed by atoms with Gasteiger partial charge in [0.15, 0.2) is 0 Å². The Bertz CT molecular complexity index is 507. The molecule has 0 radical (unpaired) electrons. The van der Waals surface area contributed by atoms with Gasteiger partial charge in [0.25, 0.3) is 0 Å². The van der Waals surface area contributed by atoms with E-state index in [1.807, 2.05) is 19.1 Å². The molecule has 0 aromatic heterocycles. The molecule has 20 heavy (non-hydrogen) atoms. The van der Waals surface area contributed by atoms with Crippen LogP contribution in [-0.2, 0) is 4.74 Å². The first-order chi connectivity index (χ1) is 9.69. The van der Waals surface area contributed by atoms with Gasteiger partial charge in [-0.3, -0.25) is 0 Å². The summed E-state index contributed by atoms with van der Waals surface area (Å²) in [4.78, 5) is 14.6. The molecule has 0 amide bonds. The monoisotopic (exact) mass is 274 g/mol. The molecule has 0 saturated heterocycles. The molecular formula is C16H22N2O2. The average Bonchev–Trinajstić information content (AvgIpc) is 3.29. The van der Waals surface area contributed by atoms with Gasteiger partial charge in [0.1, 0.15) is 0 Å². The van der Waals surface area contributed by atoms with Crippen LogP contribution in [0.4, 0.5) is 11.4 Å². The number of nitrogens with two attached hydrogens (primary N) is 1. The molecule has 0 spiro atoms. The number of anilines is 2. The normalized spacial score (nSPS) is 17.9. The molecule has 0 atom stereocenters. The maximum Gasteiger partial charge on any atom is 0.340 e. The number of nitrogens with zero attached hydrogens (tertiary/aromatic N) is 1. The number of nitrogen functional groups attached to an aromatic ring is 1. The van der Waals surface area contributed by atoms with Crippen molar-refractivity contribution in [3.8, 4) is 0 Å². The minimum atomic E-state index is -0.267. The fourth-order valence-electron chi connectivity index (χ4n) is 2.59. The number of benzene rings is 1. The molecule has 2 aliphatic rings. The predicted octanol–water partition coefficient (Wildman–Crippen LogP) is 2.82. The predicted molar refractivity (Wildman–Crippen MR) is 79.9 cm³/mol. The Morgan fingerprint density at radius 1 is 1.35 bits per heavy atom. The van der Waals surface area contributed by atoms with Crippen molar-refractivity contribution in [3.05, 3.63) is 23.8 Å². The second-order valence-corrected chi connectivity index (χ2v) is 5.82. The van der Waals surface area contributed by atoms with Crippen molar-refractivity contribution in [2.24, 2.45) is 5.92 Å². The Balaban J connectivity index is 1.90. The number of hydrogen-bond donors (Lipinski definition) is 1. The van der Waals surface area contributed by atoms with Crippen LogP contribution in [0.15, 0.2) is 18.2 Å². The van der Waals surface area contributed by atoms with E-state index >= 15 is 0 Å². The third-order valence-corrected chi connectivity index (χ3v) is 3.96. The van der Waals surface area contributed by atoms with E-state index in [-0.39, 0.29) is 5.97 Å². The zero-order valence-electron chi connectivity index (χ0n) is 12.0. The fraction of sp³-hybridized carbons (Fsp3) is 0.562. The summed E-state index contributed by atoms with van der Waals surface area (Å²) in [6, 6.07) is 6.19. The van der Waals surface area contributed by atoms with Crippen LogP contribution >= 0.6 is 0 Å². The van der Waals surface area contributed by atoms with E-state index in [1.165, 1.54) is 25.7 Å². The zero-order chi connectivity index (χ0) is 14.1. The fourth-order valence-corrected chi connectivity index (χ4v) is 2.59. The van der Waals surface area contributed by atoms with Gasteiger partial charge in [0, 0.05) is 18.3 Å². The van der Waals surface area contributed by atoms with Crippen LogP contribution < -0.4 is 10.6 Å². The standard InChI is InChI=1S/C16H22N2O2/c1-2-20-16(19)14-9-12(17)5-8-15(14)18(13-6-7-13)10-11-3-4-11/h5,8-9,11,13H,2-4,6-7,10,17H2,1H3. The molecule has 3 rings (SSSR count). The lowest BCUT2D eigenvalue weighted by Gasteiger charge is -2.27. The largest absolute Gasteiger partial charge is 0.462 e. The van der Waals surface area contributed by atoms with Gasteiger partial charge in [0.2, 0.25) is 0 Å². The van der Waals surface area contributed by atoms with Crippen LogP contribution in [0.2, 0.25) is 0 Å². The van der Waals surface area contributed by atoms with Crippen LogP contribution in [0.1, 0.15) is 43.0 Å². The first kappa shape index (κ1) is 13.3. The summed E-state index contributed by atoms with van der Waals surface area (Å²) in [5.74, 6) is 0.527. The summed E-state index contributed by atoms with van der Waals surface area (Å²) in [7, 11) is 0. The third kappa shape index (κ3) is 2.89. The molecular weight excluding hydrogens is 252 g/mol. The van der Waals surface area contributed by atoms with Crippen molar-refractivity contribution in [3.63, 3.8) is 0 Å². The SMILES string of the molecule is CCOC(=O)c1cc(N)ccc1N(CC1CC1)C1CC1. The van der Waals surface area contributed by atoms with Gasteiger partial charge < -0.3 is 15.4 Å². The Morgan fingerprint density at radius 2 is 2.10 bits per heavy atom. The van der Waals surface area contributed by atoms with Crippen LogP contribution in [0.5, 0.6) is 0 Å². The minimum Gasteiger partial charge on any atom is -0.462 e. The van der Waals surface area contributed by atoms with Crippen molar-refractivity contribution in [1.29, 1.82) is 0 Å². The van der Waals surface area contributed by atoms with Gasteiger partial charge in [-0.15, -0.1) is 0 Å². The molecule has 1 aromatic carbocycles. The topological polar surface area (TPSA) is 55.6 Å². The lowest BCUT2D eigenvalue weighted by molar-refractivity contribution is 0.0527. The zero-order valence-corrected chi connectivity index (χ0v) is 12.0. The molecule has 0 heterocycles. The van der Waals surface area contributed by atoms with Crippen LogP contribution in [0, 0.1) is 5.92 Å². The maximum absolute atomic E-state index is 12.2. The minimum absolute atomic E-state index is 0.267. The van der Waals surface area contributed by atoms with Crippen molar-refractivity contribution in [1.82, 2.24) is 0 Å². The highest BCUT2D eigenvalue weighted by atomic mass is 16.5. The van der Waals surface area contributed by atoms with E-state index in [2.05, 4.69) is 4.90 Å². The van der Waals surface area contributed by atoms with E-state index in [0.29, 0.717) is 23.9 Å². The van der Waals surface area contributed by atoms with Gasteiger partial charge in [-0.05, 0) is 56.7 Å².